The van der Waals surface area contributed by atoms with Crippen molar-refractivity contribution < 1.29 is 4.79 Å². The van der Waals surface area contributed by atoms with Gasteiger partial charge in [0.05, 0.1) is 23.1 Å². The Morgan fingerprint density at radius 3 is 2.79 bits per heavy atom. The molecule has 2 heterocycles. The van der Waals surface area contributed by atoms with Crippen LogP contribution in [-0.2, 0) is 14.1 Å². The zero-order chi connectivity index (χ0) is 13.6. The van der Waals surface area contributed by atoms with Gasteiger partial charge in [-0.2, -0.15) is 0 Å². The second kappa shape index (κ2) is 4.05. The van der Waals surface area contributed by atoms with Crippen LogP contribution in [0, 0.1) is 6.92 Å². The fourth-order valence-corrected chi connectivity index (χ4v) is 2.35. The number of aldehydes is 1. The maximum atomic E-state index is 11.0. The van der Waals surface area contributed by atoms with Crippen LogP contribution in [0.4, 0.5) is 0 Å². The van der Waals surface area contributed by atoms with Gasteiger partial charge in [0.15, 0.2) is 6.29 Å². The smallest absolute Gasteiger partial charge is 0.170 e. The van der Waals surface area contributed by atoms with E-state index in [1.54, 1.807) is 6.33 Å². The molecule has 0 aliphatic heterocycles. The maximum absolute atomic E-state index is 11.0. The monoisotopic (exact) mass is 254 g/mol. The zero-order valence-electron chi connectivity index (χ0n) is 11.1. The van der Waals surface area contributed by atoms with E-state index in [1.807, 2.05) is 48.4 Å². The highest BCUT2D eigenvalue weighted by molar-refractivity contribution is 5.88. The average Bonchev–Trinajstić information content (AvgIpc) is 2.90. The Balaban J connectivity index is 2.26. The molecule has 5 heteroatoms. The highest BCUT2D eigenvalue weighted by Gasteiger charge is 2.12. The van der Waals surface area contributed by atoms with Crippen LogP contribution in [0.2, 0.25) is 0 Å². The van der Waals surface area contributed by atoms with Gasteiger partial charge in [-0.25, -0.2) is 9.97 Å². The van der Waals surface area contributed by atoms with Gasteiger partial charge in [0.25, 0.3) is 0 Å². The molecule has 0 amide bonds. The third kappa shape index (κ3) is 1.66. The van der Waals surface area contributed by atoms with Gasteiger partial charge in [0.1, 0.15) is 11.5 Å². The Morgan fingerprint density at radius 2 is 2.05 bits per heavy atom. The largest absolute Gasteiger partial charge is 0.333 e. The van der Waals surface area contributed by atoms with Gasteiger partial charge in [-0.1, -0.05) is 6.07 Å². The highest BCUT2D eigenvalue weighted by Crippen LogP contribution is 2.25. The Labute approximate surface area is 110 Å². The molecule has 0 bridgehead atoms. The lowest BCUT2D eigenvalue weighted by Gasteiger charge is -2.04. The van der Waals surface area contributed by atoms with Crippen molar-refractivity contribution in [3.63, 3.8) is 0 Å². The molecule has 3 rings (SSSR count). The Bertz CT molecular complexity index is 782. The highest BCUT2D eigenvalue weighted by atomic mass is 16.1. The van der Waals surface area contributed by atoms with E-state index in [1.165, 1.54) is 0 Å². The van der Waals surface area contributed by atoms with E-state index in [2.05, 4.69) is 9.97 Å². The summed E-state index contributed by atoms with van der Waals surface area (Å²) in [6.45, 7) is 1.97. The number of aromatic nitrogens is 4. The van der Waals surface area contributed by atoms with Crippen molar-refractivity contribution in [1.82, 2.24) is 19.1 Å². The van der Waals surface area contributed by atoms with Crippen molar-refractivity contribution in [2.24, 2.45) is 14.1 Å². The molecule has 0 atom stereocenters. The molecular weight excluding hydrogens is 240 g/mol. The van der Waals surface area contributed by atoms with Crippen molar-refractivity contribution in [3.8, 4) is 11.3 Å². The first-order valence-corrected chi connectivity index (χ1v) is 6.01. The van der Waals surface area contributed by atoms with E-state index in [0.717, 1.165) is 34.4 Å². The van der Waals surface area contributed by atoms with E-state index in [0.29, 0.717) is 5.69 Å². The number of rotatable bonds is 2. The summed E-state index contributed by atoms with van der Waals surface area (Å²) in [5, 5.41) is 0. The van der Waals surface area contributed by atoms with E-state index in [-0.39, 0.29) is 0 Å². The normalized spacial score (nSPS) is 11.1. The lowest BCUT2D eigenvalue weighted by atomic mass is 10.1. The minimum atomic E-state index is 0.453. The van der Waals surface area contributed by atoms with Gasteiger partial charge in [-0.05, 0) is 19.1 Å². The summed E-state index contributed by atoms with van der Waals surface area (Å²) in [4.78, 5) is 19.6. The maximum Gasteiger partial charge on any atom is 0.170 e. The minimum absolute atomic E-state index is 0.453. The summed E-state index contributed by atoms with van der Waals surface area (Å²) >= 11 is 0. The molecule has 3 aromatic rings. The lowest BCUT2D eigenvalue weighted by molar-refractivity contribution is 0.112. The standard InChI is InChI=1S/C14H14N4O/c1-9-16-11-6-10(4-5-13(11)18(9)3)14-12(7-19)15-8-17(14)2/h4-8H,1-3H3. The molecule has 1 aromatic carbocycles. The third-order valence-corrected chi connectivity index (χ3v) is 3.45. The van der Waals surface area contributed by atoms with Crippen molar-refractivity contribution in [2.45, 2.75) is 6.92 Å². The molecule has 0 fully saturated rings. The number of fused-ring (bicyclic) bond motifs is 1. The molecule has 0 aliphatic rings. The molecule has 0 saturated heterocycles. The number of hydrogen-bond acceptors (Lipinski definition) is 3. The summed E-state index contributed by atoms with van der Waals surface area (Å²) < 4.78 is 3.89. The molecule has 5 nitrogen and oxygen atoms in total. The van der Waals surface area contributed by atoms with E-state index < -0.39 is 0 Å². The van der Waals surface area contributed by atoms with E-state index >= 15 is 0 Å². The molecule has 0 aliphatic carbocycles. The number of hydrogen-bond donors (Lipinski definition) is 0. The number of benzene rings is 1. The van der Waals surface area contributed by atoms with Gasteiger partial charge in [-0.15, -0.1) is 0 Å². The van der Waals surface area contributed by atoms with Gasteiger partial charge in [0, 0.05) is 19.7 Å². The van der Waals surface area contributed by atoms with Gasteiger partial charge < -0.3 is 9.13 Å². The Hall–Kier alpha value is -2.43. The molecule has 0 saturated carbocycles. The second-order valence-electron chi connectivity index (χ2n) is 4.63. The average molecular weight is 254 g/mol. The summed E-state index contributed by atoms with van der Waals surface area (Å²) in [7, 11) is 3.87. The number of carbonyl (C=O) groups is 1. The topological polar surface area (TPSA) is 52.7 Å². The van der Waals surface area contributed by atoms with Crippen molar-refractivity contribution >= 4 is 17.3 Å². The Kier molecular flexibility index (Phi) is 2.48. The van der Waals surface area contributed by atoms with Crippen LogP contribution in [0.25, 0.3) is 22.3 Å². The molecule has 0 radical (unpaired) electrons. The molecule has 19 heavy (non-hydrogen) atoms. The Morgan fingerprint density at radius 1 is 1.26 bits per heavy atom. The fraction of sp³-hybridized carbons (Fsp3) is 0.214. The molecule has 96 valence electrons. The van der Waals surface area contributed by atoms with E-state index in [9.17, 15) is 4.79 Å². The number of nitrogens with zero attached hydrogens (tertiary/aromatic N) is 4. The van der Waals surface area contributed by atoms with Crippen LogP contribution >= 0.6 is 0 Å². The molecule has 0 N–H and O–H groups in total. The fourth-order valence-electron chi connectivity index (χ4n) is 2.35. The van der Waals surface area contributed by atoms with Crippen LogP contribution in [0.3, 0.4) is 0 Å². The van der Waals surface area contributed by atoms with Crippen LogP contribution in [0.5, 0.6) is 0 Å². The minimum Gasteiger partial charge on any atom is -0.333 e. The first-order valence-electron chi connectivity index (χ1n) is 6.01. The van der Waals surface area contributed by atoms with Crippen LogP contribution in [0.1, 0.15) is 16.3 Å². The first-order chi connectivity index (χ1) is 9.11. The summed E-state index contributed by atoms with van der Waals surface area (Å²) in [6.07, 6.45) is 2.43. The number of imidazole rings is 2. The van der Waals surface area contributed by atoms with E-state index in [4.69, 9.17) is 0 Å². The first kappa shape index (κ1) is 11.6. The van der Waals surface area contributed by atoms with Crippen molar-refractivity contribution in [2.75, 3.05) is 0 Å². The van der Waals surface area contributed by atoms with Crippen LogP contribution in [0.15, 0.2) is 24.5 Å². The third-order valence-electron chi connectivity index (χ3n) is 3.45. The molecule has 0 spiro atoms. The summed E-state index contributed by atoms with van der Waals surface area (Å²) in [5.41, 5.74) is 4.23. The van der Waals surface area contributed by atoms with Crippen molar-refractivity contribution in [3.05, 3.63) is 36.0 Å². The van der Waals surface area contributed by atoms with Crippen molar-refractivity contribution in [1.29, 1.82) is 0 Å². The van der Waals surface area contributed by atoms with Gasteiger partial charge >= 0.3 is 0 Å². The van der Waals surface area contributed by atoms with Crippen LogP contribution < -0.4 is 0 Å². The number of aryl methyl sites for hydroxylation is 3. The SMILES string of the molecule is Cc1nc2cc(-c3c(C=O)ncn3C)ccc2n1C. The quantitative estimate of drug-likeness (QED) is 0.658. The molecular formula is C14H14N4O. The van der Waals surface area contributed by atoms with Gasteiger partial charge in [0.2, 0.25) is 0 Å². The van der Waals surface area contributed by atoms with Crippen LogP contribution in [-0.4, -0.2) is 25.4 Å². The summed E-state index contributed by atoms with van der Waals surface area (Å²) in [5.74, 6) is 0.966. The summed E-state index contributed by atoms with van der Waals surface area (Å²) in [6, 6.07) is 6.01. The zero-order valence-corrected chi connectivity index (χ0v) is 11.1. The number of carbonyl (C=O) groups excluding carboxylic acids is 1. The molecule has 0 unspecified atom stereocenters. The predicted molar refractivity (Wildman–Crippen MR) is 73.0 cm³/mol. The second-order valence-corrected chi connectivity index (χ2v) is 4.63. The lowest BCUT2D eigenvalue weighted by Crippen LogP contribution is -1.93. The van der Waals surface area contributed by atoms with Gasteiger partial charge in [-0.3, -0.25) is 4.79 Å². The molecule has 2 aromatic heterocycles. The predicted octanol–water partition coefficient (Wildman–Crippen LogP) is 2.09.